The van der Waals surface area contributed by atoms with Crippen molar-refractivity contribution in [1.82, 2.24) is 10.2 Å². The third-order valence-electron chi connectivity index (χ3n) is 4.53. The van der Waals surface area contributed by atoms with Gasteiger partial charge in [0.1, 0.15) is 23.0 Å². The Morgan fingerprint density at radius 2 is 1.67 bits per heavy atom. The summed E-state index contributed by atoms with van der Waals surface area (Å²) >= 11 is 0. The maximum absolute atomic E-state index is 5.92. The standard InChI is InChI=1S/C21H28N2O4/c1-23-8-9-26-21(15-23)14-22-13-16-4-6-17(7-5-16)27-20-11-18(24-2)10-19(12-20)25-3/h4-7,10-12,21-22H,8-9,13-15H2,1-3H3. The summed E-state index contributed by atoms with van der Waals surface area (Å²) in [6.45, 7) is 4.45. The van der Waals surface area contributed by atoms with Crippen molar-refractivity contribution in [3.8, 4) is 23.0 Å². The molecule has 0 saturated carbocycles. The summed E-state index contributed by atoms with van der Waals surface area (Å²) in [5, 5.41) is 3.47. The van der Waals surface area contributed by atoms with Crippen LogP contribution in [0, 0.1) is 0 Å². The van der Waals surface area contributed by atoms with Crippen molar-refractivity contribution in [2.45, 2.75) is 12.6 Å². The van der Waals surface area contributed by atoms with Gasteiger partial charge in [0.05, 0.1) is 26.9 Å². The van der Waals surface area contributed by atoms with E-state index in [1.54, 1.807) is 14.2 Å². The average molecular weight is 372 g/mol. The zero-order valence-electron chi connectivity index (χ0n) is 16.2. The summed E-state index contributed by atoms with van der Waals surface area (Å²) in [6.07, 6.45) is 0.259. The van der Waals surface area contributed by atoms with Gasteiger partial charge in [-0.2, -0.15) is 0 Å². The fourth-order valence-corrected chi connectivity index (χ4v) is 3.02. The summed E-state index contributed by atoms with van der Waals surface area (Å²) in [5.74, 6) is 2.84. The van der Waals surface area contributed by atoms with Crippen molar-refractivity contribution >= 4 is 0 Å². The predicted octanol–water partition coefficient (Wildman–Crippen LogP) is 2.92. The van der Waals surface area contributed by atoms with Gasteiger partial charge in [-0.3, -0.25) is 0 Å². The zero-order valence-corrected chi connectivity index (χ0v) is 16.2. The molecule has 1 unspecified atom stereocenters. The topological polar surface area (TPSA) is 52.2 Å². The molecule has 1 heterocycles. The molecule has 1 fully saturated rings. The van der Waals surface area contributed by atoms with Gasteiger partial charge < -0.3 is 29.2 Å². The van der Waals surface area contributed by atoms with E-state index in [4.69, 9.17) is 18.9 Å². The Kier molecular flexibility index (Phi) is 6.92. The van der Waals surface area contributed by atoms with Gasteiger partial charge in [0, 0.05) is 44.4 Å². The number of morpholine rings is 1. The maximum atomic E-state index is 5.92. The first-order valence-corrected chi connectivity index (χ1v) is 9.17. The van der Waals surface area contributed by atoms with Gasteiger partial charge in [0.25, 0.3) is 0 Å². The first kappa shape index (κ1) is 19.5. The molecular formula is C21H28N2O4. The quantitative estimate of drug-likeness (QED) is 0.769. The lowest BCUT2D eigenvalue weighted by Crippen LogP contribution is -2.44. The number of likely N-dealkylation sites (N-methyl/N-ethyl adjacent to an activating group) is 1. The molecule has 3 rings (SSSR count). The number of benzene rings is 2. The highest BCUT2D eigenvalue weighted by molar-refractivity contribution is 5.44. The number of hydrogen-bond donors (Lipinski definition) is 1. The summed E-state index contributed by atoms with van der Waals surface area (Å²) < 4.78 is 22.2. The Morgan fingerprint density at radius 3 is 2.30 bits per heavy atom. The third-order valence-corrected chi connectivity index (χ3v) is 4.53. The Bertz CT molecular complexity index is 698. The highest BCUT2D eigenvalue weighted by Crippen LogP contribution is 2.30. The molecule has 1 aliphatic heterocycles. The van der Waals surface area contributed by atoms with Crippen molar-refractivity contribution in [3.63, 3.8) is 0 Å². The van der Waals surface area contributed by atoms with Gasteiger partial charge in [-0.05, 0) is 24.7 Å². The van der Waals surface area contributed by atoms with Crippen molar-refractivity contribution in [2.75, 3.05) is 47.5 Å². The SMILES string of the molecule is COc1cc(OC)cc(Oc2ccc(CNCC3CN(C)CCO3)cc2)c1. The van der Waals surface area contributed by atoms with Crippen LogP contribution in [0.25, 0.3) is 0 Å². The van der Waals surface area contributed by atoms with Crippen LogP contribution in [0.5, 0.6) is 23.0 Å². The fourth-order valence-electron chi connectivity index (χ4n) is 3.02. The van der Waals surface area contributed by atoms with Gasteiger partial charge in [-0.1, -0.05) is 12.1 Å². The van der Waals surface area contributed by atoms with Crippen molar-refractivity contribution in [1.29, 1.82) is 0 Å². The molecule has 6 heteroatoms. The van der Waals surface area contributed by atoms with Crippen molar-refractivity contribution < 1.29 is 18.9 Å². The lowest BCUT2D eigenvalue weighted by atomic mass is 10.2. The van der Waals surface area contributed by atoms with Crippen molar-refractivity contribution in [3.05, 3.63) is 48.0 Å². The van der Waals surface area contributed by atoms with Crippen LogP contribution in [0.1, 0.15) is 5.56 Å². The van der Waals surface area contributed by atoms with Crippen LogP contribution in [0.4, 0.5) is 0 Å². The van der Waals surface area contributed by atoms with E-state index in [2.05, 4.69) is 29.4 Å². The fraction of sp³-hybridized carbons (Fsp3) is 0.429. The van der Waals surface area contributed by atoms with Gasteiger partial charge in [0.15, 0.2) is 0 Å². The van der Waals surface area contributed by atoms with Gasteiger partial charge in [0.2, 0.25) is 0 Å². The zero-order chi connectivity index (χ0) is 19.1. The molecule has 146 valence electrons. The van der Waals surface area contributed by atoms with Gasteiger partial charge >= 0.3 is 0 Å². The molecule has 0 spiro atoms. The summed E-state index contributed by atoms with van der Waals surface area (Å²) in [5.41, 5.74) is 1.20. The van der Waals surface area contributed by atoms with Crippen LogP contribution in [-0.4, -0.2) is 58.5 Å². The molecule has 1 saturated heterocycles. The minimum absolute atomic E-state index is 0.259. The Morgan fingerprint density at radius 1 is 1.00 bits per heavy atom. The second-order valence-electron chi connectivity index (χ2n) is 6.68. The third kappa shape index (κ3) is 5.85. The van der Waals surface area contributed by atoms with E-state index in [9.17, 15) is 0 Å². The first-order chi connectivity index (χ1) is 13.2. The second-order valence-corrected chi connectivity index (χ2v) is 6.68. The summed E-state index contributed by atoms with van der Waals surface area (Å²) in [7, 11) is 5.37. The highest BCUT2D eigenvalue weighted by Gasteiger charge is 2.16. The van der Waals surface area contributed by atoms with Gasteiger partial charge in [-0.15, -0.1) is 0 Å². The molecule has 1 aliphatic rings. The van der Waals surface area contributed by atoms with E-state index >= 15 is 0 Å². The van der Waals surface area contributed by atoms with E-state index < -0.39 is 0 Å². The number of ether oxygens (including phenoxy) is 4. The largest absolute Gasteiger partial charge is 0.496 e. The summed E-state index contributed by atoms with van der Waals surface area (Å²) in [4.78, 5) is 2.30. The molecule has 1 atom stereocenters. The Balaban J connectivity index is 1.51. The Labute approximate surface area is 161 Å². The molecule has 6 nitrogen and oxygen atoms in total. The molecule has 2 aromatic rings. The molecular weight excluding hydrogens is 344 g/mol. The molecule has 0 aromatic heterocycles. The van der Waals surface area contributed by atoms with Gasteiger partial charge in [-0.25, -0.2) is 0 Å². The minimum Gasteiger partial charge on any atom is -0.496 e. The number of hydrogen-bond acceptors (Lipinski definition) is 6. The minimum atomic E-state index is 0.259. The van der Waals surface area contributed by atoms with Crippen molar-refractivity contribution in [2.24, 2.45) is 0 Å². The number of nitrogens with zero attached hydrogens (tertiary/aromatic N) is 1. The Hall–Kier alpha value is -2.28. The molecule has 2 aromatic carbocycles. The normalized spacial score (nSPS) is 17.5. The molecule has 0 bridgehead atoms. The average Bonchev–Trinajstić information content (AvgIpc) is 2.69. The first-order valence-electron chi connectivity index (χ1n) is 9.17. The maximum Gasteiger partial charge on any atom is 0.134 e. The van der Waals surface area contributed by atoms with E-state index in [0.29, 0.717) is 17.2 Å². The van der Waals surface area contributed by atoms with Crippen LogP contribution in [0.15, 0.2) is 42.5 Å². The van der Waals surface area contributed by atoms with Crippen LogP contribution >= 0.6 is 0 Å². The molecule has 0 amide bonds. The predicted molar refractivity (Wildman–Crippen MR) is 105 cm³/mol. The molecule has 0 radical (unpaired) electrons. The van der Waals surface area contributed by atoms with E-state index in [1.165, 1.54) is 5.56 Å². The summed E-state index contributed by atoms with van der Waals surface area (Å²) in [6, 6.07) is 13.5. The van der Waals surface area contributed by atoms with Crippen LogP contribution < -0.4 is 19.5 Å². The number of methoxy groups -OCH3 is 2. The highest BCUT2D eigenvalue weighted by atomic mass is 16.5. The number of rotatable bonds is 8. The monoisotopic (exact) mass is 372 g/mol. The van der Waals surface area contributed by atoms with E-state index in [0.717, 1.165) is 38.5 Å². The molecule has 27 heavy (non-hydrogen) atoms. The smallest absolute Gasteiger partial charge is 0.134 e. The van der Waals surface area contributed by atoms with Crippen LogP contribution in [0.2, 0.25) is 0 Å². The van der Waals surface area contributed by atoms with E-state index in [-0.39, 0.29) is 6.10 Å². The van der Waals surface area contributed by atoms with Crippen LogP contribution in [0.3, 0.4) is 0 Å². The van der Waals surface area contributed by atoms with E-state index in [1.807, 2.05) is 30.3 Å². The second kappa shape index (κ2) is 9.60. The number of nitrogens with one attached hydrogen (secondary N) is 1. The lowest BCUT2D eigenvalue weighted by molar-refractivity contribution is -0.0182. The lowest BCUT2D eigenvalue weighted by Gasteiger charge is -2.30. The molecule has 1 N–H and O–H groups in total. The molecule has 0 aliphatic carbocycles. The van der Waals surface area contributed by atoms with Crippen LogP contribution in [-0.2, 0) is 11.3 Å².